The fourth-order valence-corrected chi connectivity index (χ4v) is 3.97. The normalized spacial score (nSPS) is 10.6. The van der Waals surface area contributed by atoms with Crippen LogP contribution in [0.25, 0.3) is 11.1 Å². The van der Waals surface area contributed by atoms with Crippen LogP contribution in [0.4, 0.5) is 0 Å². The molecule has 0 aliphatic rings. The molecular weight excluding hydrogens is 448 g/mol. The van der Waals surface area contributed by atoms with Gasteiger partial charge in [-0.15, -0.1) is 0 Å². The third-order valence-corrected chi connectivity index (χ3v) is 6.11. The van der Waals surface area contributed by atoms with Gasteiger partial charge in [-0.25, -0.2) is 4.79 Å². The van der Waals surface area contributed by atoms with Gasteiger partial charge in [-0.2, -0.15) is 0 Å². The fraction of sp³-hybridized carbons (Fsp3) is 0.344. The molecule has 0 N–H and O–H groups in total. The van der Waals surface area contributed by atoms with Crippen molar-refractivity contribution in [1.29, 1.82) is 0 Å². The van der Waals surface area contributed by atoms with Crippen molar-refractivity contribution < 1.29 is 19.0 Å². The Morgan fingerprint density at radius 2 is 1.36 bits per heavy atom. The molecular formula is C32H38O4. The molecule has 0 saturated heterocycles. The van der Waals surface area contributed by atoms with Crippen LogP contribution in [0.3, 0.4) is 0 Å². The fourth-order valence-electron chi connectivity index (χ4n) is 3.97. The number of esters is 1. The van der Waals surface area contributed by atoms with Crippen molar-refractivity contribution in [2.75, 3.05) is 13.2 Å². The highest BCUT2D eigenvalue weighted by Gasteiger charge is 2.03. The lowest BCUT2D eigenvalue weighted by atomic mass is 10.0. The smallest absolute Gasteiger partial charge is 0.330 e. The van der Waals surface area contributed by atoms with E-state index in [1.54, 1.807) is 0 Å². The molecule has 0 saturated carbocycles. The summed E-state index contributed by atoms with van der Waals surface area (Å²) in [5.41, 5.74) is 4.74. The summed E-state index contributed by atoms with van der Waals surface area (Å²) in [6.07, 6.45) is 8.66. The Kier molecular flexibility index (Phi) is 11.6. The van der Waals surface area contributed by atoms with Crippen molar-refractivity contribution >= 4 is 5.97 Å². The number of ether oxygens (including phenoxy) is 3. The quantitative estimate of drug-likeness (QED) is 0.117. The second-order valence-corrected chi connectivity index (χ2v) is 8.81. The Morgan fingerprint density at radius 3 is 2.03 bits per heavy atom. The Bertz CT molecular complexity index is 1050. The average Bonchev–Trinajstić information content (AvgIpc) is 2.93. The van der Waals surface area contributed by atoms with Gasteiger partial charge in [0.25, 0.3) is 0 Å². The molecule has 4 heteroatoms. The van der Waals surface area contributed by atoms with Gasteiger partial charge in [0.15, 0.2) is 0 Å². The van der Waals surface area contributed by atoms with Gasteiger partial charge < -0.3 is 14.2 Å². The first-order valence-electron chi connectivity index (χ1n) is 13.0. The summed E-state index contributed by atoms with van der Waals surface area (Å²) in [5, 5.41) is 0. The number of hydrogen-bond donors (Lipinski definition) is 0. The summed E-state index contributed by atoms with van der Waals surface area (Å²) < 4.78 is 16.9. The summed E-state index contributed by atoms with van der Waals surface area (Å²) in [5.74, 6) is 1.53. The standard InChI is InChI=1S/C32H38O4/c1-3-27-13-9-10-14-31(27)36-25-26-15-17-28(18-16-26)29-19-21-30(22-20-29)34-23-11-7-5-6-8-12-24-35-32(33)4-2/h4,9-10,13-22H,2-3,5-8,11-12,23-25H2,1H3. The highest BCUT2D eigenvalue weighted by Crippen LogP contribution is 2.24. The first kappa shape index (κ1) is 27.1. The van der Waals surface area contributed by atoms with Crippen LogP contribution in [0.5, 0.6) is 11.5 Å². The van der Waals surface area contributed by atoms with Crippen LogP contribution in [0.2, 0.25) is 0 Å². The number of para-hydroxylation sites is 1. The summed E-state index contributed by atoms with van der Waals surface area (Å²) in [6.45, 7) is 7.31. The van der Waals surface area contributed by atoms with Crippen LogP contribution in [0, 0.1) is 0 Å². The van der Waals surface area contributed by atoms with Gasteiger partial charge in [0.1, 0.15) is 18.1 Å². The average molecular weight is 487 g/mol. The molecule has 36 heavy (non-hydrogen) atoms. The van der Waals surface area contributed by atoms with E-state index in [0.29, 0.717) is 13.2 Å². The topological polar surface area (TPSA) is 44.8 Å². The van der Waals surface area contributed by atoms with Crippen molar-refractivity contribution in [3.05, 3.63) is 96.6 Å². The second-order valence-electron chi connectivity index (χ2n) is 8.81. The molecule has 0 unspecified atom stereocenters. The number of hydrogen-bond acceptors (Lipinski definition) is 4. The number of carbonyl (C=O) groups excluding carboxylic acids is 1. The molecule has 0 spiro atoms. The van der Waals surface area contributed by atoms with Crippen LogP contribution >= 0.6 is 0 Å². The second kappa shape index (κ2) is 15.5. The van der Waals surface area contributed by atoms with Crippen LogP contribution in [-0.4, -0.2) is 19.2 Å². The van der Waals surface area contributed by atoms with E-state index in [1.807, 2.05) is 24.3 Å². The minimum Gasteiger partial charge on any atom is -0.494 e. The SMILES string of the molecule is C=CC(=O)OCCCCCCCCOc1ccc(-c2ccc(COc3ccccc3CC)cc2)cc1. The van der Waals surface area contributed by atoms with Gasteiger partial charge >= 0.3 is 5.97 Å². The zero-order chi connectivity index (χ0) is 25.4. The monoisotopic (exact) mass is 486 g/mol. The lowest BCUT2D eigenvalue weighted by Gasteiger charge is -2.11. The largest absolute Gasteiger partial charge is 0.494 e. The minimum atomic E-state index is -0.340. The molecule has 0 aliphatic carbocycles. The molecule has 0 radical (unpaired) electrons. The molecule has 0 atom stereocenters. The van der Waals surface area contributed by atoms with Crippen LogP contribution in [0.1, 0.15) is 56.6 Å². The van der Waals surface area contributed by atoms with Crippen molar-refractivity contribution in [3.63, 3.8) is 0 Å². The van der Waals surface area contributed by atoms with E-state index < -0.39 is 0 Å². The summed E-state index contributed by atoms with van der Waals surface area (Å²) in [4.78, 5) is 11.0. The number of benzene rings is 3. The van der Waals surface area contributed by atoms with E-state index >= 15 is 0 Å². The van der Waals surface area contributed by atoms with E-state index in [9.17, 15) is 4.79 Å². The zero-order valence-electron chi connectivity index (χ0n) is 21.4. The molecule has 0 amide bonds. The molecule has 3 rings (SSSR count). The summed E-state index contributed by atoms with van der Waals surface area (Å²) in [7, 11) is 0. The molecule has 4 nitrogen and oxygen atoms in total. The van der Waals surface area contributed by atoms with Crippen molar-refractivity contribution in [3.8, 4) is 22.6 Å². The van der Waals surface area contributed by atoms with Crippen molar-refractivity contribution in [1.82, 2.24) is 0 Å². The van der Waals surface area contributed by atoms with Crippen LogP contribution < -0.4 is 9.47 Å². The molecule has 3 aromatic rings. The maximum Gasteiger partial charge on any atom is 0.330 e. The molecule has 0 heterocycles. The van der Waals surface area contributed by atoms with E-state index in [2.05, 4.69) is 62.0 Å². The van der Waals surface area contributed by atoms with Gasteiger partial charge in [0.2, 0.25) is 0 Å². The first-order valence-corrected chi connectivity index (χ1v) is 13.0. The van der Waals surface area contributed by atoms with Gasteiger partial charge in [-0.1, -0.05) is 93.8 Å². The number of carbonyl (C=O) groups is 1. The van der Waals surface area contributed by atoms with E-state index in [1.165, 1.54) is 29.2 Å². The van der Waals surface area contributed by atoms with Gasteiger partial charge in [-0.3, -0.25) is 0 Å². The van der Waals surface area contributed by atoms with Gasteiger partial charge in [-0.05, 0) is 59.7 Å². The lowest BCUT2D eigenvalue weighted by molar-refractivity contribution is -0.137. The highest BCUT2D eigenvalue weighted by atomic mass is 16.5. The Labute approximate surface area is 215 Å². The predicted octanol–water partition coefficient (Wildman–Crippen LogP) is 7.94. The summed E-state index contributed by atoms with van der Waals surface area (Å²) >= 11 is 0. The lowest BCUT2D eigenvalue weighted by Crippen LogP contribution is -2.01. The Balaban J connectivity index is 1.32. The first-order chi connectivity index (χ1) is 17.7. The zero-order valence-corrected chi connectivity index (χ0v) is 21.4. The number of unbranched alkanes of at least 4 members (excludes halogenated alkanes) is 5. The number of aryl methyl sites for hydroxylation is 1. The molecule has 0 aromatic heterocycles. The molecule has 0 bridgehead atoms. The maximum atomic E-state index is 11.0. The maximum absolute atomic E-state index is 11.0. The predicted molar refractivity (Wildman–Crippen MR) is 146 cm³/mol. The van der Waals surface area contributed by atoms with Crippen molar-refractivity contribution in [2.24, 2.45) is 0 Å². The van der Waals surface area contributed by atoms with Gasteiger partial charge in [0, 0.05) is 6.08 Å². The molecule has 0 fully saturated rings. The van der Waals surface area contributed by atoms with E-state index in [0.717, 1.165) is 62.2 Å². The molecule has 190 valence electrons. The third kappa shape index (κ3) is 9.26. The van der Waals surface area contributed by atoms with Gasteiger partial charge in [0.05, 0.1) is 13.2 Å². The van der Waals surface area contributed by atoms with Crippen molar-refractivity contribution in [2.45, 2.75) is 58.5 Å². The van der Waals surface area contributed by atoms with Crippen LogP contribution in [-0.2, 0) is 22.6 Å². The van der Waals surface area contributed by atoms with E-state index in [4.69, 9.17) is 14.2 Å². The van der Waals surface area contributed by atoms with E-state index in [-0.39, 0.29) is 5.97 Å². The summed E-state index contributed by atoms with van der Waals surface area (Å²) in [6, 6.07) is 25.1. The molecule has 0 aliphatic heterocycles. The number of rotatable bonds is 16. The Morgan fingerprint density at radius 1 is 0.750 bits per heavy atom. The third-order valence-electron chi connectivity index (χ3n) is 6.11. The highest BCUT2D eigenvalue weighted by molar-refractivity contribution is 5.81. The van der Waals surface area contributed by atoms with Crippen LogP contribution in [0.15, 0.2) is 85.5 Å². The Hall–Kier alpha value is -3.53. The minimum absolute atomic E-state index is 0.340. The molecule has 3 aromatic carbocycles.